The quantitative estimate of drug-likeness (QED) is 0.721. The molecule has 1 unspecified atom stereocenters. The average Bonchev–Trinajstić information content (AvgIpc) is 3.15. The molecular weight excluding hydrogens is 332 g/mol. The molecule has 7 heteroatoms. The number of aromatic nitrogens is 2. The van der Waals surface area contributed by atoms with Gasteiger partial charge in [-0.1, -0.05) is 12.1 Å². The number of benzene rings is 2. The lowest BCUT2D eigenvalue weighted by Gasteiger charge is -2.41. The third kappa shape index (κ3) is 2.85. The van der Waals surface area contributed by atoms with E-state index in [0.717, 1.165) is 24.5 Å². The predicted octanol–water partition coefficient (Wildman–Crippen LogP) is 2.58. The van der Waals surface area contributed by atoms with E-state index in [-0.39, 0.29) is 11.9 Å². The molecule has 7 nitrogen and oxygen atoms in total. The van der Waals surface area contributed by atoms with Crippen LogP contribution in [0, 0.1) is 0 Å². The lowest BCUT2D eigenvalue weighted by molar-refractivity contribution is 0.0674. The van der Waals surface area contributed by atoms with Gasteiger partial charge in [0.2, 0.25) is 0 Å². The first-order valence-electron chi connectivity index (χ1n) is 8.58. The molecule has 1 fully saturated rings. The van der Waals surface area contributed by atoms with E-state index in [9.17, 15) is 4.79 Å². The van der Waals surface area contributed by atoms with Gasteiger partial charge in [-0.15, -0.1) is 0 Å². The Morgan fingerprint density at radius 2 is 1.96 bits per heavy atom. The van der Waals surface area contributed by atoms with Crippen LogP contribution in [0.4, 0.5) is 5.69 Å². The molecule has 0 bridgehead atoms. The number of carbonyl (C=O) groups is 1. The van der Waals surface area contributed by atoms with Gasteiger partial charge in [-0.25, -0.2) is 4.63 Å². The molecule has 1 aliphatic heterocycles. The van der Waals surface area contributed by atoms with Gasteiger partial charge in [0, 0.05) is 31.2 Å². The van der Waals surface area contributed by atoms with Crippen molar-refractivity contribution in [2.45, 2.75) is 13.0 Å². The number of ether oxygens (including phenoxy) is 1. The molecular formula is C19H20N4O3. The molecule has 1 amide bonds. The smallest absolute Gasteiger partial charge is 0.254 e. The van der Waals surface area contributed by atoms with Crippen molar-refractivity contribution >= 4 is 22.6 Å². The van der Waals surface area contributed by atoms with E-state index in [1.165, 1.54) is 0 Å². The van der Waals surface area contributed by atoms with Gasteiger partial charge in [0.1, 0.15) is 16.8 Å². The predicted molar refractivity (Wildman–Crippen MR) is 97.5 cm³/mol. The molecule has 0 radical (unpaired) electrons. The Morgan fingerprint density at radius 1 is 1.15 bits per heavy atom. The zero-order chi connectivity index (χ0) is 18.1. The highest BCUT2D eigenvalue weighted by atomic mass is 16.6. The first-order chi connectivity index (χ1) is 12.7. The highest BCUT2D eigenvalue weighted by Gasteiger charge is 2.29. The van der Waals surface area contributed by atoms with Crippen molar-refractivity contribution in [3.05, 3.63) is 48.0 Å². The highest BCUT2D eigenvalue weighted by molar-refractivity contribution is 5.97. The Hall–Kier alpha value is -3.09. The Morgan fingerprint density at radius 3 is 2.77 bits per heavy atom. The Labute approximate surface area is 151 Å². The van der Waals surface area contributed by atoms with Gasteiger partial charge in [0.25, 0.3) is 5.91 Å². The summed E-state index contributed by atoms with van der Waals surface area (Å²) in [4.78, 5) is 17.1. The molecule has 1 aromatic heterocycles. The Kier molecular flexibility index (Phi) is 4.20. The second-order valence-corrected chi connectivity index (χ2v) is 6.43. The van der Waals surface area contributed by atoms with Gasteiger partial charge in [-0.3, -0.25) is 4.79 Å². The molecule has 0 saturated carbocycles. The lowest BCUT2D eigenvalue weighted by Crippen LogP contribution is -2.54. The van der Waals surface area contributed by atoms with Crippen molar-refractivity contribution in [2.75, 3.05) is 31.6 Å². The first kappa shape index (κ1) is 16.4. The average molecular weight is 352 g/mol. The summed E-state index contributed by atoms with van der Waals surface area (Å²) in [5.74, 6) is 0.852. The largest absolute Gasteiger partial charge is 0.495 e. The first-order valence-corrected chi connectivity index (χ1v) is 8.58. The van der Waals surface area contributed by atoms with Crippen LogP contribution in [0.25, 0.3) is 11.0 Å². The second kappa shape index (κ2) is 6.67. The van der Waals surface area contributed by atoms with Gasteiger partial charge >= 0.3 is 0 Å². The molecule has 0 spiro atoms. The van der Waals surface area contributed by atoms with Crippen LogP contribution in [-0.4, -0.2) is 53.9 Å². The van der Waals surface area contributed by atoms with Crippen LogP contribution in [0.5, 0.6) is 5.75 Å². The maximum absolute atomic E-state index is 12.9. The van der Waals surface area contributed by atoms with Gasteiger partial charge in [0.15, 0.2) is 0 Å². The van der Waals surface area contributed by atoms with Crippen molar-refractivity contribution in [1.29, 1.82) is 0 Å². The maximum atomic E-state index is 12.9. The van der Waals surface area contributed by atoms with Crippen LogP contribution in [0.2, 0.25) is 0 Å². The second-order valence-electron chi connectivity index (χ2n) is 6.43. The summed E-state index contributed by atoms with van der Waals surface area (Å²) in [6.07, 6.45) is 0. The SMILES string of the molecule is COc1ccccc1N1CCN(C(=O)c2ccc3nonc3c2)C(C)C1. The number of nitrogens with zero attached hydrogens (tertiary/aromatic N) is 4. The van der Waals surface area contributed by atoms with Crippen LogP contribution in [-0.2, 0) is 0 Å². The number of methoxy groups -OCH3 is 1. The molecule has 0 aliphatic carbocycles. The van der Waals surface area contributed by atoms with Crippen LogP contribution >= 0.6 is 0 Å². The van der Waals surface area contributed by atoms with Crippen molar-refractivity contribution in [3.8, 4) is 5.75 Å². The van der Waals surface area contributed by atoms with E-state index in [0.29, 0.717) is 23.1 Å². The van der Waals surface area contributed by atoms with E-state index >= 15 is 0 Å². The van der Waals surface area contributed by atoms with Crippen LogP contribution in [0.3, 0.4) is 0 Å². The fraction of sp³-hybridized carbons (Fsp3) is 0.316. The maximum Gasteiger partial charge on any atom is 0.254 e. The third-order valence-corrected chi connectivity index (χ3v) is 4.81. The van der Waals surface area contributed by atoms with E-state index in [1.54, 1.807) is 25.3 Å². The van der Waals surface area contributed by atoms with Gasteiger partial charge in [-0.2, -0.15) is 0 Å². The number of carbonyl (C=O) groups excluding carboxylic acids is 1. The topological polar surface area (TPSA) is 71.7 Å². The van der Waals surface area contributed by atoms with Crippen LogP contribution < -0.4 is 9.64 Å². The molecule has 2 heterocycles. The molecule has 2 aromatic carbocycles. The summed E-state index contributed by atoms with van der Waals surface area (Å²) in [5, 5.41) is 7.59. The fourth-order valence-electron chi connectivity index (χ4n) is 3.45. The zero-order valence-corrected chi connectivity index (χ0v) is 14.8. The summed E-state index contributed by atoms with van der Waals surface area (Å²) in [6.45, 7) is 4.22. The normalized spacial score (nSPS) is 17.5. The fourth-order valence-corrected chi connectivity index (χ4v) is 3.45. The minimum atomic E-state index is 0.00192. The van der Waals surface area contributed by atoms with Gasteiger partial charge in [-0.05, 0) is 47.6 Å². The zero-order valence-electron chi connectivity index (χ0n) is 14.8. The number of hydrogen-bond donors (Lipinski definition) is 0. The highest BCUT2D eigenvalue weighted by Crippen LogP contribution is 2.29. The standard InChI is InChI=1S/C19H20N4O3/c1-13-12-22(17-5-3-4-6-18(17)25-2)9-10-23(13)19(24)14-7-8-15-16(11-14)21-26-20-15/h3-8,11,13H,9-10,12H2,1-2H3. The Bertz CT molecular complexity index is 939. The van der Waals surface area contributed by atoms with Crippen molar-refractivity contribution in [1.82, 2.24) is 15.2 Å². The third-order valence-electron chi connectivity index (χ3n) is 4.81. The molecule has 1 saturated heterocycles. The number of para-hydroxylation sites is 2. The number of hydrogen-bond acceptors (Lipinski definition) is 6. The molecule has 3 aromatic rings. The van der Waals surface area contributed by atoms with Crippen molar-refractivity contribution in [2.24, 2.45) is 0 Å². The van der Waals surface area contributed by atoms with Crippen LogP contribution in [0.15, 0.2) is 47.1 Å². The number of piperazine rings is 1. The van der Waals surface area contributed by atoms with E-state index < -0.39 is 0 Å². The number of anilines is 1. The molecule has 134 valence electrons. The monoisotopic (exact) mass is 352 g/mol. The molecule has 4 rings (SSSR count). The van der Waals surface area contributed by atoms with Crippen LogP contribution in [0.1, 0.15) is 17.3 Å². The summed E-state index contributed by atoms with van der Waals surface area (Å²) in [5.41, 5.74) is 2.90. The van der Waals surface area contributed by atoms with E-state index in [2.05, 4.69) is 28.2 Å². The Balaban J connectivity index is 1.52. The van der Waals surface area contributed by atoms with E-state index in [1.807, 2.05) is 23.1 Å². The van der Waals surface area contributed by atoms with E-state index in [4.69, 9.17) is 9.37 Å². The molecule has 26 heavy (non-hydrogen) atoms. The summed E-state index contributed by atoms with van der Waals surface area (Å²) < 4.78 is 10.2. The summed E-state index contributed by atoms with van der Waals surface area (Å²) in [7, 11) is 1.68. The molecule has 1 atom stereocenters. The number of amides is 1. The number of rotatable bonds is 3. The van der Waals surface area contributed by atoms with Crippen molar-refractivity contribution in [3.63, 3.8) is 0 Å². The molecule has 1 aliphatic rings. The summed E-state index contributed by atoms with van der Waals surface area (Å²) in [6, 6.07) is 13.3. The lowest BCUT2D eigenvalue weighted by atomic mass is 10.1. The number of fused-ring (bicyclic) bond motifs is 1. The van der Waals surface area contributed by atoms with Gasteiger partial charge < -0.3 is 14.5 Å². The minimum absolute atomic E-state index is 0.00192. The van der Waals surface area contributed by atoms with Gasteiger partial charge in [0.05, 0.1) is 12.8 Å². The summed E-state index contributed by atoms with van der Waals surface area (Å²) >= 11 is 0. The minimum Gasteiger partial charge on any atom is -0.495 e. The molecule has 0 N–H and O–H groups in total. The van der Waals surface area contributed by atoms with Crippen molar-refractivity contribution < 1.29 is 14.2 Å².